The Balaban J connectivity index is 1.66. The zero-order valence-electron chi connectivity index (χ0n) is 15.9. The quantitative estimate of drug-likeness (QED) is 0.403. The molecule has 0 fully saturated rings. The number of fused-ring (bicyclic) bond motifs is 1. The van der Waals surface area contributed by atoms with Gasteiger partial charge in [0.1, 0.15) is 17.0 Å². The fraction of sp³-hybridized carbons (Fsp3) is 0.0952. The van der Waals surface area contributed by atoms with Gasteiger partial charge in [0.05, 0.1) is 18.1 Å². The van der Waals surface area contributed by atoms with Crippen LogP contribution in [0.5, 0.6) is 0 Å². The third-order valence-corrected chi connectivity index (χ3v) is 4.73. The second kappa shape index (κ2) is 7.16. The van der Waals surface area contributed by atoms with Crippen molar-refractivity contribution in [3.8, 4) is 11.3 Å². The number of primary amides is 1. The Morgan fingerprint density at radius 1 is 1.14 bits per heavy atom. The number of benzene rings is 1. The topological polar surface area (TPSA) is 120 Å². The Kier molecular flexibility index (Phi) is 4.52. The van der Waals surface area contributed by atoms with Crippen LogP contribution < -0.4 is 5.73 Å². The highest BCUT2D eigenvalue weighted by atomic mass is 16.1. The van der Waals surface area contributed by atoms with Gasteiger partial charge in [0.15, 0.2) is 5.65 Å². The van der Waals surface area contributed by atoms with Crippen LogP contribution in [0.4, 0.5) is 0 Å². The highest BCUT2D eigenvalue weighted by Crippen LogP contribution is 2.23. The highest BCUT2D eigenvalue weighted by Gasteiger charge is 2.15. The number of nitrogens with zero attached hydrogens (tertiary/aromatic N) is 4. The molecule has 3 N–H and O–H groups in total. The minimum absolute atomic E-state index is 0.0919. The number of carbonyl (C=O) groups excluding carboxylic acids is 2. The van der Waals surface area contributed by atoms with Crippen molar-refractivity contribution >= 4 is 28.9 Å². The molecule has 8 heteroatoms. The van der Waals surface area contributed by atoms with Gasteiger partial charge in [-0.05, 0) is 13.0 Å². The molecule has 0 radical (unpaired) electrons. The summed E-state index contributed by atoms with van der Waals surface area (Å²) in [6.45, 7) is 1.85. The number of aromatic amines is 1. The van der Waals surface area contributed by atoms with E-state index in [9.17, 15) is 9.59 Å². The van der Waals surface area contributed by atoms with Crippen LogP contribution in [0.15, 0.2) is 48.9 Å². The number of nitrogens with two attached hydrogens (primary N) is 1. The maximum absolute atomic E-state index is 12.7. The highest BCUT2D eigenvalue weighted by molar-refractivity contribution is 6.08. The van der Waals surface area contributed by atoms with E-state index in [0.29, 0.717) is 33.7 Å². The van der Waals surface area contributed by atoms with Gasteiger partial charge in [-0.1, -0.05) is 24.3 Å². The van der Waals surface area contributed by atoms with Crippen LogP contribution in [0.25, 0.3) is 28.5 Å². The summed E-state index contributed by atoms with van der Waals surface area (Å²) in [5.74, 6) is 0.152. The first-order valence-electron chi connectivity index (χ1n) is 8.89. The molecule has 0 spiro atoms. The van der Waals surface area contributed by atoms with Crippen LogP contribution in [-0.2, 0) is 11.8 Å². The molecule has 29 heavy (non-hydrogen) atoms. The van der Waals surface area contributed by atoms with E-state index >= 15 is 0 Å². The van der Waals surface area contributed by atoms with E-state index in [1.165, 1.54) is 6.08 Å². The monoisotopic (exact) mass is 386 g/mol. The van der Waals surface area contributed by atoms with Crippen LogP contribution in [0.3, 0.4) is 0 Å². The predicted octanol–water partition coefficient (Wildman–Crippen LogP) is 2.40. The molecule has 0 saturated carbocycles. The van der Waals surface area contributed by atoms with E-state index in [0.717, 1.165) is 11.4 Å². The first kappa shape index (κ1) is 18.3. The van der Waals surface area contributed by atoms with E-state index < -0.39 is 5.91 Å². The van der Waals surface area contributed by atoms with Gasteiger partial charge >= 0.3 is 0 Å². The minimum Gasteiger partial charge on any atom is -0.366 e. The molecule has 0 unspecified atom stereocenters. The second-order valence-electron chi connectivity index (χ2n) is 6.59. The smallest absolute Gasteiger partial charge is 0.241 e. The van der Waals surface area contributed by atoms with Crippen LogP contribution in [-0.4, -0.2) is 36.2 Å². The average molecular weight is 386 g/mol. The molecule has 4 rings (SSSR count). The number of hydrogen-bond acceptors (Lipinski definition) is 5. The minimum atomic E-state index is -0.535. The zero-order valence-corrected chi connectivity index (χ0v) is 15.9. The number of ketones is 1. The van der Waals surface area contributed by atoms with Crippen molar-refractivity contribution in [2.45, 2.75) is 6.92 Å². The van der Waals surface area contributed by atoms with E-state index in [-0.39, 0.29) is 5.78 Å². The van der Waals surface area contributed by atoms with Crippen LogP contribution >= 0.6 is 0 Å². The molecule has 1 aromatic carbocycles. The van der Waals surface area contributed by atoms with Gasteiger partial charge in [-0.2, -0.15) is 0 Å². The second-order valence-corrected chi connectivity index (χ2v) is 6.59. The van der Waals surface area contributed by atoms with Gasteiger partial charge in [-0.3, -0.25) is 9.59 Å². The standard InChI is InChI=1S/C21H18N6O2/c1-12-23-11-17(27(12)2)20(29)14-5-3-13(4-6-14)16-10-25-21-19(26-16)15(9-24-21)7-8-18(22)28/h3-11H,1-2H3,(H2,22,28)(H,24,25). The summed E-state index contributed by atoms with van der Waals surface area (Å²) < 4.78 is 1.77. The van der Waals surface area contributed by atoms with Crippen molar-refractivity contribution < 1.29 is 9.59 Å². The molecule has 3 aromatic heterocycles. The zero-order chi connectivity index (χ0) is 20.5. The van der Waals surface area contributed by atoms with Gasteiger partial charge in [0, 0.05) is 36.0 Å². The molecule has 1 amide bonds. The maximum atomic E-state index is 12.7. The van der Waals surface area contributed by atoms with Gasteiger partial charge in [-0.25, -0.2) is 15.0 Å². The molecule has 0 bridgehead atoms. The normalized spacial score (nSPS) is 11.4. The fourth-order valence-electron chi connectivity index (χ4n) is 3.00. The van der Waals surface area contributed by atoms with E-state index in [1.54, 1.807) is 41.4 Å². The number of imidazole rings is 1. The molecule has 8 nitrogen and oxygen atoms in total. The van der Waals surface area contributed by atoms with Crippen molar-refractivity contribution in [2.24, 2.45) is 12.8 Å². The fourth-order valence-corrected chi connectivity index (χ4v) is 3.00. The number of H-pyrrole nitrogens is 1. The van der Waals surface area contributed by atoms with Crippen molar-refractivity contribution in [2.75, 3.05) is 0 Å². The molecule has 3 heterocycles. The number of amides is 1. The lowest BCUT2D eigenvalue weighted by Gasteiger charge is -2.05. The number of aryl methyl sites for hydroxylation is 1. The lowest BCUT2D eigenvalue weighted by atomic mass is 10.0. The predicted molar refractivity (Wildman–Crippen MR) is 109 cm³/mol. The Morgan fingerprint density at radius 3 is 2.55 bits per heavy atom. The third-order valence-electron chi connectivity index (χ3n) is 4.73. The SMILES string of the molecule is Cc1ncc(C(=O)c2ccc(-c3cnc4[nH]cc(C=CC(N)=O)c4n3)cc2)n1C. The van der Waals surface area contributed by atoms with Crippen molar-refractivity contribution in [3.63, 3.8) is 0 Å². The Labute approximate surface area is 166 Å². The van der Waals surface area contributed by atoms with E-state index in [4.69, 9.17) is 5.73 Å². The number of rotatable bonds is 5. The Bertz CT molecular complexity index is 1260. The molecule has 0 aliphatic heterocycles. The summed E-state index contributed by atoms with van der Waals surface area (Å²) in [5.41, 5.74) is 9.69. The van der Waals surface area contributed by atoms with Crippen LogP contribution in [0.2, 0.25) is 0 Å². The van der Waals surface area contributed by atoms with Gasteiger partial charge < -0.3 is 15.3 Å². The van der Waals surface area contributed by atoms with Gasteiger partial charge in [0.25, 0.3) is 0 Å². The first-order valence-corrected chi connectivity index (χ1v) is 8.89. The summed E-state index contributed by atoms with van der Waals surface area (Å²) in [4.78, 5) is 39.9. The van der Waals surface area contributed by atoms with E-state index in [2.05, 4.69) is 19.9 Å². The van der Waals surface area contributed by atoms with Gasteiger partial charge in [-0.15, -0.1) is 0 Å². The summed E-state index contributed by atoms with van der Waals surface area (Å²) in [6, 6.07) is 7.18. The molecule has 0 aliphatic rings. The summed E-state index contributed by atoms with van der Waals surface area (Å²) in [5, 5.41) is 0. The number of nitrogens with one attached hydrogen (secondary N) is 1. The number of hydrogen-bond donors (Lipinski definition) is 2. The van der Waals surface area contributed by atoms with Crippen molar-refractivity contribution in [1.82, 2.24) is 24.5 Å². The van der Waals surface area contributed by atoms with Gasteiger partial charge in [0.2, 0.25) is 11.7 Å². The van der Waals surface area contributed by atoms with Crippen molar-refractivity contribution in [1.29, 1.82) is 0 Å². The Morgan fingerprint density at radius 2 is 1.90 bits per heavy atom. The Hall–Kier alpha value is -4.07. The summed E-state index contributed by atoms with van der Waals surface area (Å²) in [6.07, 6.45) is 7.82. The lowest BCUT2D eigenvalue weighted by Crippen LogP contribution is -2.08. The lowest BCUT2D eigenvalue weighted by molar-refractivity contribution is -0.113. The third kappa shape index (κ3) is 3.43. The molecule has 0 saturated heterocycles. The average Bonchev–Trinajstić information content (AvgIpc) is 3.28. The summed E-state index contributed by atoms with van der Waals surface area (Å²) in [7, 11) is 1.82. The maximum Gasteiger partial charge on any atom is 0.241 e. The first-order chi connectivity index (χ1) is 13.9. The largest absolute Gasteiger partial charge is 0.366 e. The molecular weight excluding hydrogens is 368 g/mol. The molecule has 0 aliphatic carbocycles. The summed E-state index contributed by atoms with van der Waals surface area (Å²) >= 11 is 0. The molecule has 4 aromatic rings. The van der Waals surface area contributed by atoms with Crippen molar-refractivity contribution in [3.05, 3.63) is 71.6 Å². The number of carbonyl (C=O) groups is 2. The number of aromatic nitrogens is 5. The molecule has 0 atom stereocenters. The molecule has 144 valence electrons. The van der Waals surface area contributed by atoms with Crippen LogP contribution in [0, 0.1) is 6.92 Å². The van der Waals surface area contributed by atoms with Crippen LogP contribution in [0.1, 0.15) is 27.4 Å². The molecular formula is C21H18N6O2. The van der Waals surface area contributed by atoms with E-state index in [1.807, 2.05) is 26.1 Å².